The van der Waals surface area contributed by atoms with Gasteiger partial charge in [-0.1, -0.05) is 47.5 Å². The highest BCUT2D eigenvalue weighted by molar-refractivity contribution is 6.38. The summed E-state index contributed by atoms with van der Waals surface area (Å²) in [5.41, 5.74) is 1.77. The van der Waals surface area contributed by atoms with Crippen LogP contribution in [0.25, 0.3) is 0 Å². The van der Waals surface area contributed by atoms with Gasteiger partial charge in [0.1, 0.15) is 11.8 Å². The highest BCUT2D eigenvalue weighted by atomic mass is 35.5. The van der Waals surface area contributed by atoms with Crippen molar-refractivity contribution in [3.05, 3.63) is 63.6 Å². The Bertz CT molecular complexity index is 1380. The number of hydrogen-bond donors (Lipinski definition) is 3. The van der Waals surface area contributed by atoms with Crippen LogP contribution in [0.15, 0.2) is 42.5 Å². The van der Waals surface area contributed by atoms with Crippen LogP contribution in [0.2, 0.25) is 10.0 Å². The van der Waals surface area contributed by atoms with Crippen LogP contribution < -0.4 is 20.7 Å². The normalized spacial score (nSPS) is 20.4. The Balaban J connectivity index is 1.34. The number of ether oxygens (including phenoxy) is 1. The predicted octanol–water partition coefficient (Wildman–Crippen LogP) is 2.18. The van der Waals surface area contributed by atoms with Crippen LogP contribution in [-0.2, 0) is 36.9 Å². The minimum absolute atomic E-state index is 0.01000. The average Bonchev–Trinajstić information content (AvgIpc) is 3.69. The molecule has 2 aromatic rings. The van der Waals surface area contributed by atoms with Crippen molar-refractivity contribution >= 4 is 52.6 Å². The fourth-order valence-electron chi connectivity index (χ4n) is 5.13. The monoisotopic (exact) mass is 600 g/mol. The summed E-state index contributed by atoms with van der Waals surface area (Å²) in [5, 5.41) is 8.76. The molecule has 0 bridgehead atoms. The molecule has 216 valence electrons. The third-order valence-corrected chi connectivity index (χ3v) is 8.10. The van der Waals surface area contributed by atoms with Crippen LogP contribution in [-0.4, -0.2) is 65.6 Å². The second-order valence-corrected chi connectivity index (χ2v) is 11.4. The van der Waals surface area contributed by atoms with Gasteiger partial charge in [-0.25, -0.2) is 0 Å². The van der Waals surface area contributed by atoms with Gasteiger partial charge in [0.15, 0.2) is 6.61 Å². The van der Waals surface area contributed by atoms with Gasteiger partial charge in [0.25, 0.3) is 11.8 Å². The molecule has 1 aliphatic carbocycles. The van der Waals surface area contributed by atoms with Gasteiger partial charge in [-0.2, -0.15) is 0 Å². The maximum Gasteiger partial charge on any atom is 0.289 e. The van der Waals surface area contributed by atoms with Crippen molar-refractivity contribution in [3.63, 3.8) is 0 Å². The van der Waals surface area contributed by atoms with Crippen LogP contribution in [0, 0.1) is 5.92 Å². The molecule has 12 heteroatoms. The summed E-state index contributed by atoms with van der Waals surface area (Å²) < 4.78 is 5.65. The number of amides is 4. The number of Topliss-reactive ketones (excluding diaryl/α,β-unsaturated/α-hetero) is 1. The molecule has 0 unspecified atom stereocenters. The largest absolute Gasteiger partial charge is 0.482 e. The molecule has 3 atom stereocenters. The fraction of sp³-hybridized carbons (Fsp3) is 0.414. The van der Waals surface area contributed by atoms with Crippen LogP contribution in [0.1, 0.15) is 36.8 Å². The molecule has 2 fully saturated rings. The minimum atomic E-state index is -1.21. The lowest BCUT2D eigenvalue weighted by Gasteiger charge is -2.36. The van der Waals surface area contributed by atoms with Gasteiger partial charge in [-0.15, -0.1) is 0 Å². The number of benzene rings is 2. The number of rotatable bonds is 10. The van der Waals surface area contributed by atoms with E-state index in [1.807, 2.05) is 24.3 Å². The first-order valence-electron chi connectivity index (χ1n) is 13.6. The highest BCUT2D eigenvalue weighted by Gasteiger charge is 2.40. The lowest BCUT2D eigenvalue weighted by Crippen LogP contribution is -2.57. The van der Waals surface area contributed by atoms with Crippen LogP contribution in [0.4, 0.5) is 0 Å². The molecule has 4 amide bonds. The van der Waals surface area contributed by atoms with Gasteiger partial charge in [0.05, 0.1) is 11.1 Å². The molecule has 2 heterocycles. The summed E-state index contributed by atoms with van der Waals surface area (Å²) in [5.74, 6) is -3.11. The zero-order valence-corrected chi connectivity index (χ0v) is 23.7. The number of fused-ring (bicyclic) bond motifs is 1. The molecular formula is C29H30Cl2N4O6. The molecule has 0 radical (unpaired) electrons. The highest BCUT2D eigenvalue weighted by Crippen LogP contribution is 2.29. The van der Waals surface area contributed by atoms with Crippen molar-refractivity contribution in [1.82, 2.24) is 20.9 Å². The summed E-state index contributed by atoms with van der Waals surface area (Å²) in [6, 6.07) is 9.87. The first-order chi connectivity index (χ1) is 19.7. The number of halogens is 2. The lowest BCUT2D eigenvalue weighted by atomic mass is 9.92. The van der Waals surface area contributed by atoms with Crippen LogP contribution >= 0.6 is 23.2 Å². The molecule has 0 spiro atoms. The fourth-order valence-corrected chi connectivity index (χ4v) is 5.59. The Morgan fingerprint density at radius 1 is 1.05 bits per heavy atom. The zero-order valence-electron chi connectivity index (χ0n) is 22.2. The van der Waals surface area contributed by atoms with E-state index in [1.54, 1.807) is 12.1 Å². The maximum absolute atomic E-state index is 13.7. The number of nitrogens with zero attached hydrogens (tertiary/aromatic N) is 1. The second-order valence-electron chi connectivity index (χ2n) is 10.6. The van der Waals surface area contributed by atoms with Gasteiger partial charge < -0.3 is 25.6 Å². The van der Waals surface area contributed by atoms with E-state index in [0.717, 1.165) is 24.0 Å². The Hall–Kier alpha value is -3.63. The Labute approximate surface area is 247 Å². The standard InChI is InChI=1S/C29H30Cl2N4O6/c30-19-5-8-24(21(31)13-19)41-15-25(36)35-14-18-4-2-1-3-16(18)12-23(35)28(39)34-22(11-17-9-10-32-27(17)38)26(37)29(40)33-20-6-7-20/h1-5,8,13,17,20,22-23H,6-7,9-12,14-15H2,(H,32,38)(H,33,40)(H,34,39)/t17-,22-,23-/m0/s1. The van der Waals surface area contributed by atoms with Gasteiger partial charge in [0.2, 0.25) is 17.6 Å². The van der Waals surface area contributed by atoms with Crippen molar-refractivity contribution in [2.24, 2.45) is 5.92 Å². The van der Waals surface area contributed by atoms with Crippen molar-refractivity contribution in [2.75, 3.05) is 13.2 Å². The van der Waals surface area contributed by atoms with Crippen LogP contribution in [0.3, 0.4) is 0 Å². The first kappa shape index (κ1) is 28.9. The van der Waals surface area contributed by atoms with E-state index in [1.165, 1.54) is 11.0 Å². The number of nitrogens with one attached hydrogen (secondary N) is 3. The lowest BCUT2D eigenvalue weighted by molar-refractivity contribution is -0.145. The predicted molar refractivity (Wildman–Crippen MR) is 150 cm³/mol. The number of hydrogen-bond acceptors (Lipinski definition) is 6. The van der Waals surface area contributed by atoms with Crippen molar-refractivity contribution in [1.29, 1.82) is 0 Å². The first-order valence-corrected chi connectivity index (χ1v) is 14.3. The second kappa shape index (κ2) is 12.5. The molecule has 2 aromatic carbocycles. The van der Waals surface area contributed by atoms with E-state index >= 15 is 0 Å². The van der Waals surface area contributed by atoms with Gasteiger partial charge in [-0.3, -0.25) is 24.0 Å². The molecule has 10 nitrogen and oxygen atoms in total. The molecule has 3 aliphatic rings. The topological polar surface area (TPSA) is 134 Å². The SMILES string of the molecule is O=C(NC1CC1)C(=O)[C@H](C[C@@H]1CCNC1=O)NC(=O)[C@@H]1Cc2ccccc2CN1C(=O)COc1ccc(Cl)cc1Cl. The van der Waals surface area contributed by atoms with Crippen molar-refractivity contribution < 1.29 is 28.7 Å². The van der Waals surface area contributed by atoms with E-state index in [0.29, 0.717) is 18.0 Å². The smallest absolute Gasteiger partial charge is 0.289 e. The van der Waals surface area contributed by atoms with Gasteiger partial charge >= 0.3 is 0 Å². The number of ketones is 1. The molecule has 1 saturated heterocycles. The van der Waals surface area contributed by atoms with Crippen LogP contribution in [0.5, 0.6) is 5.75 Å². The van der Waals surface area contributed by atoms with E-state index in [-0.39, 0.29) is 48.7 Å². The Morgan fingerprint density at radius 2 is 1.80 bits per heavy atom. The summed E-state index contributed by atoms with van der Waals surface area (Å²) >= 11 is 12.1. The van der Waals surface area contributed by atoms with E-state index < -0.39 is 41.5 Å². The number of carbonyl (C=O) groups is 5. The zero-order chi connectivity index (χ0) is 29.1. The molecule has 41 heavy (non-hydrogen) atoms. The summed E-state index contributed by atoms with van der Waals surface area (Å²) in [6.07, 6.45) is 2.28. The number of carbonyl (C=O) groups excluding carboxylic acids is 5. The molecule has 2 aliphatic heterocycles. The average molecular weight is 601 g/mol. The van der Waals surface area contributed by atoms with Gasteiger partial charge in [-0.05, 0) is 55.0 Å². The molecule has 0 aromatic heterocycles. The van der Waals surface area contributed by atoms with Gasteiger partial charge in [0, 0.05) is 36.5 Å². The minimum Gasteiger partial charge on any atom is -0.482 e. The molecule has 5 rings (SSSR count). The van der Waals surface area contributed by atoms with E-state index in [4.69, 9.17) is 27.9 Å². The summed E-state index contributed by atoms with van der Waals surface area (Å²) in [6.45, 7) is 0.226. The quantitative estimate of drug-likeness (QED) is 0.358. The van der Waals surface area contributed by atoms with E-state index in [2.05, 4.69) is 16.0 Å². The Kier molecular flexibility index (Phi) is 8.79. The Morgan fingerprint density at radius 3 is 2.49 bits per heavy atom. The third kappa shape index (κ3) is 7.00. The third-order valence-electron chi connectivity index (χ3n) is 7.57. The maximum atomic E-state index is 13.7. The van der Waals surface area contributed by atoms with E-state index in [9.17, 15) is 24.0 Å². The van der Waals surface area contributed by atoms with Crippen molar-refractivity contribution in [3.8, 4) is 5.75 Å². The molecular weight excluding hydrogens is 571 g/mol. The summed E-state index contributed by atoms with van der Waals surface area (Å²) in [4.78, 5) is 66.6. The molecule has 1 saturated carbocycles. The summed E-state index contributed by atoms with van der Waals surface area (Å²) in [7, 11) is 0. The molecule has 3 N–H and O–H groups in total. The van der Waals surface area contributed by atoms with Crippen molar-refractivity contribution in [2.45, 2.75) is 56.8 Å².